The van der Waals surface area contributed by atoms with Gasteiger partial charge in [0.2, 0.25) is 5.91 Å². The molecule has 0 saturated carbocycles. The zero-order chi connectivity index (χ0) is 13.1. The Morgan fingerprint density at radius 1 is 1.26 bits per heavy atom. The van der Waals surface area contributed by atoms with Gasteiger partial charge in [0.05, 0.1) is 6.04 Å². The van der Waals surface area contributed by atoms with Gasteiger partial charge in [0.1, 0.15) is 0 Å². The van der Waals surface area contributed by atoms with Gasteiger partial charge in [-0.2, -0.15) is 0 Å². The minimum absolute atomic E-state index is 0.0708. The number of amides is 1. The van der Waals surface area contributed by atoms with Crippen molar-refractivity contribution in [3.8, 4) is 0 Å². The van der Waals surface area contributed by atoms with Crippen molar-refractivity contribution < 1.29 is 4.79 Å². The molecular formula is C15H16N2OS. The van der Waals surface area contributed by atoms with Crippen molar-refractivity contribution in [2.45, 2.75) is 25.4 Å². The normalized spacial score (nSPS) is 18.5. The summed E-state index contributed by atoms with van der Waals surface area (Å²) in [7, 11) is 0. The molecule has 1 atom stereocenters. The summed E-state index contributed by atoms with van der Waals surface area (Å²) in [5.74, 6) is 0.0708. The van der Waals surface area contributed by atoms with E-state index in [0.717, 1.165) is 25.1 Å². The van der Waals surface area contributed by atoms with Crippen LogP contribution in [0.25, 0.3) is 0 Å². The second-order valence-corrected chi connectivity index (χ2v) is 5.73. The van der Waals surface area contributed by atoms with Crippen LogP contribution in [0.15, 0.2) is 41.8 Å². The molecule has 1 aliphatic heterocycles. The quantitative estimate of drug-likeness (QED) is 0.902. The minimum Gasteiger partial charge on any atom is -0.324 e. The Labute approximate surface area is 116 Å². The van der Waals surface area contributed by atoms with E-state index in [4.69, 9.17) is 0 Å². The Morgan fingerprint density at radius 3 is 3.00 bits per heavy atom. The van der Waals surface area contributed by atoms with E-state index in [0.29, 0.717) is 0 Å². The standard InChI is InChI=1S/C15H16N2OS/c18-15-14(16-10-12-5-3-9-19-12)8-7-11-4-1-2-6-13(11)17-15/h1-6,9,14,16H,7-8,10H2,(H,17,18). The maximum absolute atomic E-state index is 12.2. The van der Waals surface area contributed by atoms with Gasteiger partial charge in [-0.15, -0.1) is 11.3 Å². The molecule has 1 aromatic carbocycles. The number of anilines is 1. The number of fused-ring (bicyclic) bond motifs is 1. The average molecular weight is 272 g/mol. The highest BCUT2D eigenvalue weighted by atomic mass is 32.1. The summed E-state index contributed by atoms with van der Waals surface area (Å²) in [5.41, 5.74) is 2.17. The number of aryl methyl sites for hydroxylation is 1. The molecule has 1 aliphatic rings. The smallest absolute Gasteiger partial charge is 0.241 e. The summed E-state index contributed by atoms with van der Waals surface area (Å²) >= 11 is 1.71. The van der Waals surface area contributed by atoms with Crippen molar-refractivity contribution in [3.05, 3.63) is 52.2 Å². The molecule has 19 heavy (non-hydrogen) atoms. The number of hydrogen-bond acceptors (Lipinski definition) is 3. The second kappa shape index (κ2) is 5.55. The lowest BCUT2D eigenvalue weighted by atomic mass is 10.1. The molecule has 0 spiro atoms. The number of benzene rings is 1. The third-order valence-corrected chi connectivity index (χ3v) is 4.27. The number of carbonyl (C=O) groups excluding carboxylic acids is 1. The van der Waals surface area contributed by atoms with Gasteiger partial charge in [0.25, 0.3) is 0 Å². The molecule has 0 saturated heterocycles. The van der Waals surface area contributed by atoms with E-state index < -0.39 is 0 Å². The second-order valence-electron chi connectivity index (χ2n) is 4.70. The fraction of sp³-hybridized carbons (Fsp3) is 0.267. The van der Waals surface area contributed by atoms with Gasteiger partial charge in [-0.1, -0.05) is 24.3 Å². The molecule has 3 rings (SSSR count). The van der Waals surface area contributed by atoms with E-state index >= 15 is 0 Å². The number of nitrogens with one attached hydrogen (secondary N) is 2. The molecule has 1 aromatic heterocycles. The molecule has 0 bridgehead atoms. The molecule has 1 unspecified atom stereocenters. The van der Waals surface area contributed by atoms with Crippen LogP contribution in [0, 0.1) is 0 Å². The lowest BCUT2D eigenvalue weighted by Gasteiger charge is -2.14. The number of thiophene rings is 1. The van der Waals surface area contributed by atoms with E-state index in [-0.39, 0.29) is 11.9 Å². The molecule has 4 heteroatoms. The lowest BCUT2D eigenvalue weighted by molar-refractivity contribution is -0.118. The van der Waals surface area contributed by atoms with Gasteiger partial charge in [0, 0.05) is 17.1 Å². The van der Waals surface area contributed by atoms with E-state index in [1.807, 2.05) is 24.3 Å². The van der Waals surface area contributed by atoms with E-state index in [1.165, 1.54) is 10.4 Å². The average Bonchev–Trinajstić information content (AvgIpc) is 2.88. The topological polar surface area (TPSA) is 41.1 Å². The third-order valence-electron chi connectivity index (χ3n) is 3.40. The number of hydrogen-bond donors (Lipinski definition) is 2. The maximum atomic E-state index is 12.2. The van der Waals surface area contributed by atoms with Crippen LogP contribution in [-0.2, 0) is 17.8 Å². The predicted octanol–water partition coefficient (Wildman–Crippen LogP) is 2.79. The van der Waals surface area contributed by atoms with E-state index in [1.54, 1.807) is 11.3 Å². The predicted molar refractivity (Wildman–Crippen MR) is 78.3 cm³/mol. The Balaban J connectivity index is 1.67. The van der Waals surface area contributed by atoms with Crippen LogP contribution in [0.1, 0.15) is 16.9 Å². The first-order valence-electron chi connectivity index (χ1n) is 6.47. The Kier molecular flexibility index (Phi) is 3.62. The van der Waals surface area contributed by atoms with E-state index in [9.17, 15) is 4.79 Å². The molecular weight excluding hydrogens is 256 g/mol. The Bertz CT molecular complexity index is 563. The van der Waals surface area contributed by atoms with Gasteiger partial charge < -0.3 is 10.6 Å². The van der Waals surface area contributed by atoms with Crippen molar-refractivity contribution in [2.75, 3.05) is 5.32 Å². The van der Waals surface area contributed by atoms with E-state index in [2.05, 4.69) is 28.1 Å². The van der Waals surface area contributed by atoms with Gasteiger partial charge in [-0.05, 0) is 35.9 Å². The SMILES string of the molecule is O=C1Nc2ccccc2CCC1NCc1cccs1. The zero-order valence-corrected chi connectivity index (χ0v) is 11.4. The first-order valence-corrected chi connectivity index (χ1v) is 7.35. The molecule has 2 N–H and O–H groups in total. The van der Waals surface area contributed by atoms with Gasteiger partial charge >= 0.3 is 0 Å². The summed E-state index contributed by atoms with van der Waals surface area (Å²) in [6, 6.07) is 12.0. The highest BCUT2D eigenvalue weighted by Gasteiger charge is 2.22. The molecule has 98 valence electrons. The number of para-hydroxylation sites is 1. The summed E-state index contributed by atoms with van der Waals surface area (Å²) in [6.07, 6.45) is 1.77. The van der Waals surface area contributed by atoms with Crippen molar-refractivity contribution in [3.63, 3.8) is 0 Å². The molecule has 0 fully saturated rings. The molecule has 2 heterocycles. The fourth-order valence-corrected chi connectivity index (χ4v) is 3.00. The maximum Gasteiger partial charge on any atom is 0.241 e. The first-order chi connectivity index (χ1) is 9.33. The minimum atomic E-state index is -0.116. The zero-order valence-electron chi connectivity index (χ0n) is 10.6. The van der Waals surface area contributed by atoms with Gasteiger partial charge in [-0.25, -0.2) is 0 Å². The summed E-state index contributed by atoms with van der Waals surface area (Å²) in [6.45, 7) is 0.756. The first kappa shape index (κ1) is 12.4. The molecule has 1 amide bonds. The summed E-state index contributed by atoms with van der Waals surface area (Å²) in [5, 5.41) is 8.41. The fourth-order valence-electron chi connectivity index (χ4n) is 2.34. The summed E-state index contributed by atoms with van der Waals surface area (Å²) < 4.78 is 0. The Hall–Kier alpha value is -1.65. The number of carbonyl (C=O) groups is 1. The largest absolute Gasteiger partial charge is 0.324 e. The van der Waals surface area contributed by atoms with Crippen LogP contribution in [-0.4, -0.2) is 11.9 Å². The highest BCUT2D eigenvalue weighted by Crippen LogP contribution is 2.21. The monoisotopic (exact) mass is 272 g/mol. The van der Waals surface area contributed by atoms with Gasteiger partial charge in [0.15, 0.2) is 0 Å². The van der Waals surface area contributed by atoms with Crippen LogP contribution in [0.4, 0.5) is 5.69 Å². The van der Waals surface area contributed by atoms with Crippen molar-refractivity contribution in [1.82, 2.24) is 5.32 Å². The third kappa shape index (κ3) is 2.85. The van der Waals surface area contributed by atoms with Crippen LogP contribution in [0.3, 0.4) is 0 Å². The molecule has 2 aromatic rings. The highest BCUT2D eigenvalue weighted by molar-refractivity contribution is 7.09. The van der Waals surface area contributed by atoms with Crippen LogP contribution in [0.5, 0.6) is 0 Å². The van der Waals surface area contributed by atoms with Crippen molar-refractivity contribution >= 4 is 22.9 Å². The lowest BCUT2D eigenvalue weighted by Crippen LogP contribution is -2.39. The Morgan fingerprint density at radius 2 is 2.16 bits per heavy atom. The molecule has 3 nitrogen and oxygen atoms in total. The van der Waals surface area contributed by atoms with Crippen LogP contribution >= 0.6 is 11.3 Å². The van der Waals surface area contributed by atoms with Gasteiger partial charge in [-0.3, -0.25) is 4.79 Å². The number of rotatable bonds is 3. The summed E-state index contributed by atoms with van der Waals surface area (Å²) in [4.78, 5) is 13.4. The molecule has 0 radical (unpaired) electrons. The van der Waals surface area contributed by atoms with Crippen molar-refractivity contribution in [2.24, 2.45) is 0 Å². The van der Waals surface area contributed by atoms with Crippen LogP contribution < -0.4 is 10.6 Å². The van der Waals surface area contributed by atoms with Crippen molar-refractivity contribution in [1.29, 1.82) is 0 Å². The van der Waals surface area contributed by atoms with Crippen LogP contribution in [0.2, 0.25) is 0 Å². The molecule has 0 aliphatic carbocycles.